The molecule has 0 radical (unpaired) electrons. The average molecular weight is 352 g/mol. The molecule has 0 aromatic heterocycles. The number of nitriles is 2. The van der Waals surface area contributed by atoms with E-state index in [1.54, 1.807) is 43.3 Å². The third kappa shape index (κ3) is 8.37. The van der Waals surface area contributed by atoms with E-state index in [1.807, 2.05) is 12.1 Å². The molecule has 0 saturated heterocycles. The molecular formula is C20H20N2O4. The van der Waals surface area contributed by atoms with Gasteiger partial charge in [0.15, 0.2) is 0 Å². The molecule has 0 aliphatic carbocycles. The molecule has 6 heteroatoms. The van der Waals surface area contributed by atoms with Crippen molar-refractivity contribution >= 4 is 5.97 Å². The minimum atomic E-state index is -0.198. The predicted octanol–water partition coefficient (Wildman–Crippen LogP) is 3.54. The summed E-state index contributed by atoms with van der Waals surface area (Å²) in [4.78, 5) is 11.0. The van der Waals surface area contributed by atoms with Crippen molar-refractivity contribution in [3.8, 4) is 23.6 Å². The highest BCUT2D eigenvalue weighted by Gasteiger charge is 2.01. The third-order valence-electron chi connectivity index (χ3n) is 3.08. The molecule has 0 unspecified atom stereocenters. The largest absolute Gasteiger partial charge is 0.508 e. The van der Waals surface area contributed by atoms with Crippen LogP contribution >= 0.6 is 0 Å². The van der Waals surface area contributed by atoms with Gasteiger partial charge in [-0.15, -0.1) is 0 Å². The number of ether oxygens (including phenoxy) is 2. The molecule has 2 aromatic carbocycles. The van der Waals surface area contributed by atoms with Crippen molar-refractivity contribution in [1.82, 2.24) is 0 Å². The van der Waals surface area contributed by atoms with E-state index in [4.69, 9.17) is 25.1 Å². The molecule has 1 N–H and O–H groups in total. The highest BCUT2D eigenvalue weighted by Crippen LogP contribution is 2.12. The summed E-state index contributed by atoms with van der Waals surface area (Å²) in [5.41, 5.74) is 1.16. The Bertz CT molecular complexity index is 756. The van der Waals surface area contributed by atoms with Crippen LogP contribution in [-0.2, 0) is 9.53 Å². The zero-order chi connectivity index (χ0) is 19.2. The van der Waals surface area contributed by atoms with Gasteiger partial charge >= 0.3 is 5.97 Å². The number of hydrogen-bond donors (Lipinski definition) is 1. The summed E-state index contributed by atoms with van der Waals surface area (Å²) in [5.74, 6) is 0.692. The Kier molecular flexibility index (Phi) is 9.43. The van der Waals surface area contributed by atoms with Crippen LogP contribution < -0.4 is 4.74 Å². The fourth-order valence-corrected chi connectivity index (χ4v) is 1.80. The van der Waals surface area contributed by atoms with Crippen LogP contribution in [0, 0.1) is 22.7 Å². The monoisotopic (exact) mass is 352 g/mol. The number of rotatable bonds is 6. The fourth-order valence-electron chi connectivity index (χ4n) is 1.80. The molecule has 6 nitrogen and oxygen atoms in total. The minimum absolute atomic E-state index is 0.189. The first kappa shape index (κ1) is 20.5. The molecule has 134 valence electrons. The van der Waals surface area contributed by atoms with Gasteiger partial charge in [0, 0.05) is 6.42 Å². The molecular weight excluding hydrogens is 332 g/mol. The van der Waals surface area contributed by atoms with Gasteiger partial charge in [-0.05, 0) is 61.9 Å². The Hall–Kier alpha value is -3.51. The molecule has 0 aliphatic rings. The van der Waals surface area contributed by atoms with Crippen molar-refractivity contribution in [3.05, 3.63) is 59.7 Å². The molecule has 0 atom stereocenters. The summed E-state index contributed by atoms with van der Waals surface area (Å²) < 4.78 is 10.2. The summed E-state index contributed by atoms with van der Waals surface area (Å²) in [5, 5.41) is 25.7. The lowest BCUT2D eigenvalue weighted by Gasteiger charge is -2.05. The topological polar surface area (TPSA) is 103 Å². The van der Waals surface area contributed by atoms with E-state index in [0.29, 0.717) is 42.9 Å². The van der Waals surface area contributed by atoms with E-state index in [2.05, 4.69) is 0 Å². The Morgan fingerprint density at radius 3 is 2.04 bits per heavy atom. The van der Waals surface area contributed by atoms with Crippen LogP contribution in [0.4, 0.5) is 0 Å². The number of carbonyl (C=O) groups excluding carboxylic acids is 1. The van der Waals surface area contributed by atoms with Crippen molar-refractivity contribution in [2.75, 3.05) is 13.2 Å². The zero-order valence-corrected chi connectivity index (χ0v) is 14.5. The van der Waals surface area contributed by atoms with Crippen LogP contribution in [0.3, 0.4) is 0 Å². The van der Waals surface area contributed by atoms with E-state index in [9.17, 15) is 4.79 Å². The maximum atomic E-state index is 11.0. The van der Waals surface area contributed by atoms with Crippen molar-refractivity contribution < 1.29 is 19.4 Å². The smallest absolute Gasteiger partial charge is 0.305 e. The van der Waals surface area contributed by atoms with Crippen LogP contribution in [0.2, 0.25) is 0 Å². The second kappa shape index (κ2) is 11.9. The number of phenols is 1. The van der Waals surface area contributed by atoms with E-state index in [0.717, 1.165) is 0 Å². The molecule has 2 aromatic rings. The van der Waals surface area contributed by atoms with Crippen molar-refractivity contribution in [1.29, 1.82) is 10.5 Å². The van der Waals surface area contributed by atoms with Gasteiger partial charge in [-0.25, -0.2) is 0 Å². The molecule has 0 amide bonds. The predicted molar refractivity (Wildman–Crippen MR) is 95.3 cm³/mol. The normalized spacial score (nSPS) is 9.04. The van der Waals surface area contributed by atoms with Gasteiger partial charge in [0.1, 0.15) is 11.5 Å². The lowest BCUT2D eigenvalue weighted by atomic mass is 10.2. The highest BCUT2D eigenvalue weighted by molar-refractivity contribution is 5.69. The van der Waals surface area contributed by atoms with Gasteiger partial charge in [-0.1, -0.05) is 0 Å². The summed E-state index contributed by atoms with van der Waals surface area (Å²) >= 11 is 0. The summed E-state index contributed by atoms with van der Waals surface area (Å²) in [6, 6.07) is 16.9. The van der Waals surface area contributed by atoms with Crippen molar-refractivity contribution in [2.24, 2.45) is 0 Å². The Morgan fingerprint density at radius 1 is 1.00 bits per heavy atom. The van der Waals surface area contributed by atoms with E-state index in [1.165, 1.54) is 12.1 Å². The Morgan fingerprint density at radius 2 is 1.54 bits per heavy atom. The molecule has 0 bridgehead atoms. The lowest BCUT2D eigenvalue weighted by molar-refractivity contribution is -0.143. The molecule has 0 saturated carbocycles. The SMILES string of the molecule is CCOC(=O)CCCOc1ccc(C#N)cc1.N#Cc1ccc(O)cc1. The van der Waals surface area contributed by atoms with Gasteiger partial charge in [0.25, 0.3) is 0 Å². The van der Waals surface area contributed by atoms with Gasteiger partial charge in [0.05, 0.1) is 36.5 Å². The van der Waals surface area contributed by atoms with Crippen molar-refractivity contribution in [2.45, 2.75) is 19.8 Å². The quantitative estimate of drug-likeness (QED) is 0.630. The third-order valence-corrected chi connectivity index (χ3v) is 3.08. The van der Waals surface area contributed by atoms with Crippen LogP contribution in [-0.4, -0.2) is 24.3 Å². The minimum Gasteiger partial charge on any atom is -0.508 e. The summed E-state index contributed by atoms with van der Waals surface area (Å²) in [7, 11) is 0. The standard InChI is InChI=1S/C13H15NO3.C7H5NO/c1-2-16-13(15)4-3-9-17-12-7-5-11(10-14)6-8-12;8-5-6-1-3-7(9)4-2-6/h5-8H,2-4,9H2,1H3;1-4,9H. The van der Waals surface area contributed by atoms with Gasteiger partial charge in [-0.3, -0.25) is 4.79 Å². The van der Waals surface area contributed by atoms with Crippen LogP contribution in [0.25, 0.3) is 0 Å². The Labute approximate surface area is 152 Å². The van der Waals surface area contributed by atoms with E-state index < -0.39 is 0 Å². The highest BCUT2D eigenvalue weighted by atomic mass is 16.5. The molecule has 26 heavy (non-hydrogen) atoms. The zero-order valence-electron chi connectivity index (χ0n) is 14.5. The number of benzene rings is 2. The number of carbonyl (C=O) groups is 1. The van der Waals surface area contributed by atoms with Gasteiger partial charge in [0.2, 0.25) is 0 Å². The van der Waals surface area contributed by atoms with E-state index in [-0.39, 0.29) is 11.7 Å². The first-order chi connectivity index (χ1) is 12.6. The summed E-state index contributed by atoms with van der Waals surface area (Å²) in [6.45, 7) is 2.66. The van der Waals surface area contributed by atoms with Crippen LogP contribution in [0.5, 0.6) is 11.5 Å². The average Bonchev–Trinajstić information content (AvgIpc) is 2.67. The van der Waals surface area contributed by atoms with Crippen LogP contribution in [0.15, 0.2) is 48.5 Å². The number of hydrogen-bond acceptors (Lipinski definition) is 6. The Balaban J connectivity index is 0.000000314. The summed E-state index contributed by atoms with van der Waals surface area (Å²) in [6.07, 6.45) is 0.989. The molecule has 0 heterocycles. The van der Waals surface area contributed by atoms with Crippen LogP contribution in [0.1, 0.15) is 30.9 Å². The lowest BCUT2D eigenvalue weighted by Crippen LogP contribution is -2.06. The number of phenolic OH excluding ortho intramolecular Hbond substituents is 1. The number of esters is 1. The number of nitrogens with zero attached hydrogens (tertiary/aromatic N) is 2. The first-order valence-corrected chi connectivity index (χ1v) is 8.06. The second-order valence-corrected chi connectivity index (χ2v) is 5.05. The number of aromatic hydroxyl groups is 1. The van der Waals surface area contributed by atoms with Crippen molar-refractivity contribution in [3.63, 3.8) is 0 Å². The second-order valence-electron chi connectivity index (χ2n) is 5.05. The molecule has 0 fully saturated rings. The maximum Gasteiger partial charge on any atom is 0.305 e. The molecule has 0 aliphatic heterocycles. The van der Waals surface area contributed by atoms with Gasteiger partial charge < -0.3 is 14.6 Å². The van der Waals surface area contributed by atoms with E-state index >= 15 is 0 Å². The van der Waals surface area contributed by atoms with Gasteiger partial charge in [-0.2, -0.15) is 10.5 Å². The molecule has 2 rings (SSSR count). The maximum absolute atomic E-state index is 11.0. The molecule has 0 spiro atoms. The first-order valence-electron chi connectivity index (χ1n) is 8.06. The fraction of sp³-hybridized carbons (Fsp3) is 0.250.